The van der Waals surface area contributed by atoms with Crippen molar-refractivity contribution in [2.24, 2.45) is 5.92 Å². The van der Waals surface area contributed by atoms with E-state index in [1.807, 2.05) is 18.6 Å². The van der Waals surface area contributed by atoms with E-state index in [2.05, 4.69) is 65.3 Å². The Bertz CT molecular complexity index is 1080. The van der Waals surface area contributed by atoms with Crippen LogP contribution in [0.15, 0.2) is 53.8 Å². The van der Waals surface area contributed by atoms with Gasteiger partial charge in [-0.05, 0) is 56.2 Å². The van der Waals surface area contributed by atoms with Crippen LogP contribution in [0.4, 0.5) is 5.95 Å². The molecule has 2 aliphatic heterocycles. The SMILES string of the molecule is CCc1cnc(N2CCC(C3(C)Cc4cc(-c5ccc(SC)cc5)ncc4O3)CC2)nc1. The number of nitrogens with zero attached hydrogens (tertiary/aromatic N) is 4. The minimum Gasteiger partial charge on any atom is -0.485 e. The summed E-state index contributed by atoms with van der Waals surface area (Å²) in [6, 6.07) is 10.8. The number of aromatic nitrogens is 3. The van der Waals surface area contributed by atoms with Gasteiger partial charge in [-0.2, -0.15) is 0 Å². The number of fused-ring (bicyclic) bond motifs is 1. The molecule has 0 N–H and O–H groups in total. The third-order valence-electron chi connectivity index (χ3n) is 6.96. The Morgan fingerprint density at radius 3 is 2.44 bits per heavy atom. The molecule has 166 valence electrons. The van der Waals surface area contributed by atoms with Crippen LogP contribution in [0.1, 0.15) is 37.8 Å². The first-order chi connectivity index (χ1) is 15.6. The van der Waals surface area contributed by atoms with Crippen molar-refractivity contribution in [2.75, 3.05) is 24.2 Å². The number of piperidine rings is 1. The molecule has 5 nitrogen and oxygen atoms in total. The Morgan fingerprint density at radius 1 is 1.06 bits per heavy atom. The Hall–Kier alpha value is -2.60. The van der Waals surface area contributed by atoms with Crippen LogP contribution in [0.2, 0.25) is 0 Å². The zero-order chi connectivity index (χ0) is 22.1. The molecule has 1 aromatic carbocycles. The summed E-state index contributed by atoms with van der Waals surface area (Å²) in [5, 5.41) is 0. The summed E-state index contributed by atoms with van der Waals surface area (Å²) in [6.07, 6.45) is 12.0. The second kappa shape index (κ2) is 8.74. The van der Waals surface area contributed by atoms with Gasteiger partial charge in [0.2, 0.25) is 5.95 Å². The van der Waals surface area contributed by atoms with Gasteiger partial charge in [0, 0.05) is 53.8 Å². The lowest BCUT2D eigenvalue weighted by molar-refractivity contribution is 0.0347. The summed E-state index contributed by atoms with van der Waals surface area (Å²) in [7, 11) is 0. The van der Waals surface area contributed by atoms with E-state index >= 15 is 0 Å². The van der Waals surface area contributed by atoms with Crippen LogP contribution in [0.5, 0.6) is 5.75 Å². The van der Waals surface area contributed by atoms with Crippen molar-refractivity contribution in [2.45, 2.75) is 50.0 Å². The lowest BCUT2D eigenvalue weighted by atomic mass is 9.79. The van der Waals surface area contributed by atoms with Gasteiger partial charge in [0.25, 0.3) is 0 Å². The highest BCUT2D eigenvalue weighted by molar-refractivity contribution is 7.98. The Labute approximate surface area is 194 Å². The molecule has 1 saturated heterocycles. The van der Waals surface area contributed by atoms with Gasteiger partial charge in [-0.25, -0.2) is 9.97 Å². The van der Waals surface area contributed by atoms with Crippen LogP contribution < -0.4 is 9.64 Å². The largest absolute Gasteiger partial charge is 0.485 e. The number of thioether (sulfide) groups is 1. The van der Waals surface area contributed by atoms with Gasteiger partial charge in [0.15, 0.2) is 0 Å². The highest BCUT2D eigenvalue weighted by Gasteiger charge is 2.43. The maximum absolute atomic E-state index is 6.52. The lowest BCUT2D eigenvalue weighted by Crippen LogP contribution is -2.46. The number of hydrogen-bond donors (Lipinski definition) is 0. The average Bonchev–Trinajstić information content (AvgIpc) is 3.21. The maximum atomic E-state index is 6.52. The Kier molecular flexibility index (Phi) is 5.80. The van der Waals surface area contributed by atoms with Crippen LogP contribution in [0.25, 0.3) is 11.3 Å². The zero-order valence-corrected chi connectivity index (χ0v) is 19.9. The molecule has 3 aromatic rings. The van der Waals surface area contributed by atoms with Gasteiger partial charge >= 0.3 is 0 Å². The molecule has 1 fully saturated rings. The molecule has 0 radical (unpaired) electrons. The Morgan fingerprint density at radius 2 is 1.78 bits per heavy atom. The van der Waals surface area contributed by atoms with Crippen LogP contribution >= 0.6 is 11.8 Å². The van der Waals surface area contributed by atoms with Gasteiger partial charge in [0.05, 0.1) is 11.9 Å². The highest BCUT2D eigenvalue weighted by atomic mass is 32.2. The van der Waals surface area contributed by atoms with Crippen molar-refractivity contribution in [3.63, 3.8) is 0 Å². The van der Waals surface area contributed by atoms with Crippen molar-refractivity contribution in [3.8, 4) is 17.0 Å². The standard InChI is InChI=1S/C26H30N4OS/c1-4-18-15-28-25(29-16-18)30-11-9-21(10-12-30)26(2)14-20-13-23(27-17-24(20)31-26)19-5-7-22(32-3)8-6-19/h5-8,13,15-17,21H,4,9-12,14H2,1-3H3. The second-order valence-electron chi connectivity index (χ2n) is 9.00. The summed E-state index contributed by atoms with van der Waals surface area (Å²) >= 11 is 1.76. The number of ether oxygens (including phenoxy) is 1. The smallest absolute Gasteiger partial charge is 0.225 e. The number of anilines is 1. The van der Waals surface area contributed by atoms with Gasteiger partial charge in [-0.15, -0.1) is 11.8 Å². The third kappa shape index (κ3) is 4.08. The van der Waals surface area contributed by atoms with E-state index in [1.54, 1.807) is 11.8 Å². The van der Waals surface area contributed by atoms with Crippen molar-refractivity contribution in [1.29, 1.82) is 0 Å². The molecule has 0 aliphatic carbocycles. The molecule has 0 spiro atoms. The molecule has 1 unspecified atom stereocenters. The predicted molar refractivity (Wildman–Crippen MR) is 131 cm³/mol. The van der Waals surface area contributed by atoms with Crippen molar-refractivity contribution < 1.29 is 4.74 Å². The topological polar surface area (TPSA) is 51.1 Å². The number of rotatable bonds is 5. The number of aryl methyl sites for hydroxylation is 1. The molecule has 2 aliphatic rings. The summed E-state index contributed by atoms with van der Waals surface area (Å²) in [5.41, 5.74) is 4.45. The fraction of sp³-hybridized carbons (Fsp3) is 0.423. The molecular weight excluding hydrogens is 416 g/mol. The monoisotopic (exact) mass is 446 g/mol. The summed E-state index contributed by atoms with van der Waals surface area (Å²) in [6.45, 7) is 6.34. The van der Waals surface area contributed by atoms with Crippen molar-refractivity contribution in [3.05, 3.63) is 60.0 Å². The minimum atomic E-state index is -0.176. The van der Waals surface area contributed by atoms with Crippen LogP contribution in [0, 0.1) is 5.92 Å². The molecule has 6 heteroatoms. The lowest BCUT2D eigenvalue weighted by Gasteiger charge is -2.40. The van der Waals surface area contributed by atoms with E-state index < -0.39 is 0 Å². The first-order valence-corrected chi connectivity index (χ1v) is 12.7. The van der Waals surface area contributed by atoms with Crippen LogP contribution in [-0.4, -0.2) is 39.9 Å². The third-order valence-corrected chi connectivity index (χ3v) is 7.70. The Balaban J connectivity index is 1.26. The predicted octanol–water partition coefficient (Wildman–Crippen LogP) is 5.43. The highest BCUT2D eigenvalue weighted by Crippen LogP contribution is 2.43. The molecule has 0 bridgehead atoms. The molecule has 32 heavy (non-hydrogen) atoms. The van der Waals surface area contributed by atoms with Crippen molar-refractivity contribution >= 4 is 17.7 Å². The second-order valence-corrected chi connectivity index (χ2v) is 9.88. The molecule has 4 heterocycles. The summed E-state index contributed by atoms with van der Waals surface area (Å²) in [5.74, 6) is 2.30. The first-order valence-electron chi connectivity index (χ1n) is 11.5. The molecule has 0 amide bonds. The molecule has 5 rings (SSSR count). The first kappa shape index (κ1) is 21.3. The van der Waals surface area contributed by atoms with E-state index in [-0.39, 0.29) is 5.60 Å². The van der Waals surface area contributed by atoms with E-state index in [0.29, 0.717) is 5.92 Å². The fourth-order valence-corrected chi connectivity index (χ4v) is 5.32. The number of hydrogen-bond acceptors (Lipinski definition) is 6. The minimum absolute atomic E-state index is 0.176. The maximum Gasteiger partial charge on any atom is 0.225 e. The fourth-order valence-electron chi connectivity index (χ4n) is 4.91. The average molecular weight is 447 g/mol. The van der Waals surface area contributed by atoms with Gasteiger partial charge < -0.3 is 9.64 Å². The summed E-state index contributed by atoms with van der Waals surface area (Å²) < 4.78 is 6.52. The van der Waals surface area contributed by atoms with E-state index in [0.717, 1.165) is 61.7 Å². The van der Waals surface area contributed by atoms with E-state index in [1.165, 1.54) is 16.0 Å². The number of benzene rings is 1. The van der Waals surface area contributed by atoms with Crippen LogP contribution in [0.3, 0.4) is 0 Å². The molecule has 2 aromatic heterocycles. The molecule has 1 atom stereocenters. The quantitative estimate of drug-likeness (QED) is 0.487. The van der Waals surface area contributed by atoms with E-state index in [9.17, 15) is 0 Å². The van der Waals surface area contributed by atoms with E-state index in [4.69, 9.17) is 9.72 Å². The number of pyridine rings is 1. The van der Waals surface area contributed by atoms with Gasteiger partial charge in [0.1, 0.15) is 11.4 Å². The molecular formula is C26H30N4OS. The van der Waals surface area contributed by atoms with Gasteiger partial charge in [-0.1, -0.05) is 19.1 Å². The van der Waals surface area contributed by atoms with Crippen molar-refractivity contribution in [1.82, 2.24) is 15.0 Å². The van der Waals surface area contributed by atoms with Crippen LogP contribution in [-0.2, 0) is 12.8 Å². The van der Waals surface area contributed by atoms with Gasteiger partial charge in [-0.3, -0.25) is 4.98 Å². The summed E-state index contributed by atoms with van der Waals surface area (Å²) in [4.78, 5) is 17.4. The normalized spacial score (nSPS) is 20.8. The molecule has 0 saturated carbocycles. The zero-order valence-electron chi connectivity index (χ0n) is 19.0.